The fourth-order valence-corrected chi connectivity index (χ4v) is 4.94. The van der Waals surface area contributed by atoms with E-state index >= 15 is 0 Å². The Balaban J connectivity index is 1.62. The normalized spacial score (nSPS) is 13.0. The highest BCUT2D eigenvalue weighted by molar-refractivity contribution is 7.98. The van der Waals surface area contributed by atoms with E-state index in [-0.39, 0.29) is 5.69 Å². The van der Waals surface area contributed by atoms with Crippen LogP contribution in [-0.2, 0) is 25.1 Å². The molecule has 0 radical (unpaired) electrons. The van der Waals surface area contributed by atoms with Gasteiger partial charge in [0.25, 0.3) is 0 Å². The lowest BCUT2D eigenvalue weighted by Gasteiger charge is -2.14. The minimum Gasteiger partial charge on any atom is -0.290 e. The molecule has 1 aliphatic rings. The lowest BCUT2D eigenvalue weighted by molar-refractivity contribution is 0.656. The molecule has 0 fully saturated rings. The Bertz CT molecular complexity index is 1040. The molecule has 4 nitrogen and oxygen atoms in total. The summed E-state index contributed by atoms with van der Waals surface area (Å²) in [5.74, 6) is 0.652. The molecule has 0 bridgehead atoms. The van der Waals surface area contributed by atoms with Gasteiger partial charge in [0, 0.05) is 33.3 Å². The summed E-state index contributed by atoms with van der Waals surface area (Å²) in [7, 11) is 0. The standard InChI is InChI=1S/C20H17Cl2N3OS/c21-14-8-7-13(17(22)10-14)12-27-19-16-5-3-6-18(16)25(20(26)24-19)11-15-4-1-2-9-23-15/h1-2,4,7-10H,3,5-6,11-12H2. The van der Waals surface area contributed by atoms with Gasteiger partial charge in [0.1, 0.15) is 5.03 Å². The molecule has 0 N–H and O–H groups in total. The summed E-state index contributed by atoms with van der Waals surface area (Å²) in [5.41, 5.74) is 3.90. The van der Waals surface area contributed by atoms with Crippen molar-refractivity contribution < 1.29 is 0 Å². The summed E-state index contributed by atoms with van der Waals surface area (Å²) in [6.07, 6.45) is 4.63. The van der Waals surface area contributed by atoms with Gasteiger partial charge in [0.05, 0.1) is 12.2 Å². The number of benzene rings is 1. The van der Waals surface area contributed by atoms with Crippen LogP contribution in [0.4, 0.5) is 0 Å². The van der Waals surface area contributed by atoms with Crippen molar-refractivity contribution in [2.45, 2.75) is 36.6 Å². The zero-order valence-corrected chi connectivity index (χ0v) is 16.8. The molecule has 2 aromatic heterocycles. The second-order valence-corrected chi connectivity index (χ2v) is 8.22. The number of halogens is 2. The minimum atomic E-state index is -0.217. The van der Waals surface area contributed by atoms with E-state index in [1.807, 2.05) is 30.3 Å². The number of hydrogen-bond acceptors (Lipinski definition) is 4. The average molecular weight is 418 g/mol. The van der Waals surface area contributed by atoms with Crippen LogP contribution in [-0.4, -0.2) is 14.5 Å². The van der Waals surface area contributed by atoms with Gasteiger partial charge in [0.15, 0.2) is 0 Å². The zero-order chi connectivity index (χ0) is 18.8. The number of aromatic nitrogens is 3. The van der Waals surface area contributed by atoms with Gasteiger partial charge in [0.2, 0.25) is 0 Å². The molecule has 7 heteroatoms. The van der Waals surface area contributed by atoms with Gasteiger partial charge in [-0.1, -0.05) is 35.3 Å². The highest BCUT2D eigenvalue weighted by atomic mass is 35.5. The molecular weight excluding hydrogens is 401 g/mol. The van der Waals surface area contributed by atoms with E-state index in [9.17, 15) is 4.79 Å². The minimum absolute atomic E-state index is 0.217. The molecule has 0 saturated carbocycles. The van der Waals surface area contributed by atoms with Crippen LogP contribution in [0.3, 0.4) is 0 Å². The smallest absolute Gasteiger partial charge is 0.290 e. The van der Waals surface area contributed by atoms with Gasteiger partial charge in [-0.25, -0.2) is 4.79 Å². The van der Waals surface area contributed by atoms with Crippen molar-refractivity contribution >= 4 is 35.0 Å². The van der Waals surface area contributed by atoms with E-state index in [1.54, 1.807) is 28.6 Å². The van der Waals surface area contributed by atoms with Gasteiger partial charge in [-0.05, 0) is 49.1 Å². The van der Waals surface area contributed by atoms with Crippen molar-refractivity contribution in [3.63, 3.8) is 0 Å². The molecule has 1 aliphatic carbocycles. The Kier molecular flexibility index (Phi) is 5.53. The molecule has 0 spiro atoms. The van der Waals surface area contributed by atoms with Crippen LogP contribution in [0.15, 0.2) is 52.4 Å². The van der Waals surface area contributed by atoms with Crippen LogP contribution < -0.4 is 5.69 Å². The third kappa shape index (κ3) is 4.05. The number of pyridine rings is 1. The molecule has 0 atom stereocenters. The third-order valence-corrected chi connectivity index (χ3v) is 6.28. The third-order valence-electron chi connectivity index (χ3n) is 4.63. The molecule has 3 aromatic rings. The maximum absolute atomic E-state index is 12.7. The Morgan fingerprint density at radius 3 is 2.81 bits per heavy atom. The largest absolute Gasteiger partial charge is 0.349 e. The molecule has 1 aromatic carbocycles. The second-order valence-electron chi connectivity index (χ2n) is 6.41. The Hall–Kier alpha value is -1.82. The van der Waals surface area contributed by atoms with Gasteiger partial charge in [-0.2, -0.15) is 4.98 Å². The van der Waals surface area contributed by atoms with E-state index in [1.165, 1.54) is 5.56 Å². The molecule has 4 rings (SSSR count). The lowest BCUT2D eigenvalue weighted by Crippen LogP contribution is -2.28. The molecular formula is C20H17Cl2N3OS. The van der Waals surface area contributed by atoms with Crippen molar-refractivity contribution in [2.24, 2.45) is 0 Å². The SMILES string of the molecule is O=c1nc(SCc2ccc(Cl)cc2Cl)c2c(n1Cc1ccccn1)CCC2. The predicted octanol–water partition coefficient (Wildman–Crippen LogP) is 4.77. The van der Waals surface area contributed by atoms with Gasteiger partial charge < -0.3 is 0 Å². The second kappa shape index (κ2) is 8.05. The van der Waals surface area contributed by atoms with E-state index in [2.05, 4.69) is 9.97 Å². The Labute approximate surface area is 171 Å². The summed E-state index contributed by atoms with van der Waals surface area (Å²) in [6, 6.07) is 11.2. The van der Waals surface area contributed by atoms with Crippen LogP contribution >= 0.6 is 35.0 Å². The monoisotopic (exact) mass is 417 g/mol. The van der Waals surface area contributed by atoms with Gasteiger partial charge in [-0.3, -0.25) is 9.55 Å². The summed E-state index contributed by atoms with van der Waals surface area (Å²) in [6.45, 7) is 0.461. The highest BCUT2D eigenvalue weighted by Crippen LogP contribution is 2.33. The summed E-state index contributed by atoms with van der Waals surface area (Å²) >= 11 is 13.8. The van der Waals surface area contributed by atoms with Crippen LogP contribution in [0.1, 0.15) is 28.9 Å². The molecule has 0 unspecified atom stereocenters. The van der Waals surface area contributed by atoms with Gasteiger partial charge in [-0.15, -0.1) is 11.8 Å². The lowest BCUT2D eigenvalue weighted by atomic mass is 10.2. The van der Waals surface area contributed by atoms with Crippen molar-refractivity contribution in [2.75, 3.05) is 0 Å². The maximum atomic E-state index is 12.7. The fourth-order valence-electron chi connectivity index (χ4n) is 3.31. The van der Waals surface area contributed by atoms with Crippen molar-refractivity contribution in [3.05, 3.63) is 85.6 Å². The Morgan fingerprint density at radius 1 is 1.15 bits per heavy atom. The zero-order valence-electron chi connectivity index (χ0n) is 14.5. The first-order valence-electron chi connectivity index (χ1n) is 8.71. The fraction of sp³-hybridized carbons (Fsp3) is 0.250. The van der Waals surface area contributed by atoms with Crippen molar-refractivity contribution in [3.8, 4) is 0 Å². The molecule has 0 saturated heterocycles. The number of fused-ring (bicyclic) bond motifs is 1. The van der Waals surface area contributed by atoms with Crippen LogP contribution in [0.5, 0.6) is 0 Å². The van der Waals surface area contributed by atoms with Crippen molar-refractivity contribution in [1.82, 2.24) is 14.5 Å². The average Bonchev–Trinajstić information content (AvgIpc) is 3.14. The van der Waals surface area contributed by atoms with Crippen LogP contribution in [0, 0.1) is 0 Å². The van der Waals surface area contributed by atoms with E-state index in [0.29, 0.717) is 22.3 Å². The first-order chi connectivity index (χ1) is 13.1. The molecule has 2 heterocycles. The van der Waals surface area contributed by atoms with E-state index in [0.717, 1.165) is 41.2 Å². The molecule has 0 aliphatic heterocycles. The first kappa shape index (κ1) is 18.5. The number of nitrogens with zero attached hydrogens (tertiary/aromatic N) is 3. The number of hydrogen-bond donors (Lipinski definition) is 0. The molecule has 0 amide bonds. The number of rotatable bonds is 5. The quantitative estimate of drug-likeness (QED) is 0.442. The summed E-state index contributed by atoms with van der Waals surface area (Å²) in [4.78, 5) is 21.4. The Morgan fingerprint density at radius 2 is 2.04 bits per heavy atom. The van der Waals surface area contributed by atoms with Crippen LogP contribution in [0.2, 0.25) is 10.0 Å². The van der Waals surface area contributed by atoms with Gasteiger partial charge >= 0.3 is 5.69 Å². The highest BCUT2D eigenvalue weighted by Gasteiger charge is 2.22. The molecule has 138 valence electrons. The number of thioether (sulfide) groups is 1. The van der Waals surface area contributed by atoms with E-state index < -0.39 is 0 Å². The maximum Gasteiger partial charge on any atom is 0.349 e. The first-order valence-corrected chi connectivity index (χ1v) is 10.4. The van der Waals surface area contributed by atoms with Crippen LogP contribution in [0.25, 0.3) is 0 Å². The topological polar surface area (TPSA) is 47.8 Å². The summed E-state index contributed by atoms with van der Waals surface area (Å²) < 4.78 is 1.77. The summed E-state index contributed by atoms with van der Waals surface area (Å²) in [5, 5.41) is 2.07. The van der Waals surface area contributed by atoms with Crippen molar-refractivity contribution in [1.29, 1.82) is 0 Å². The predicted molar refractivity (Wildman–Crippen MR) is 110 cm³/mol. The van der Waals surface area contributed by atoms with E-state index in [4.69, 9.17) is 23.2 Å². The molecule has 27 heavy (non-hydrogen) atoms.